The fourth-order valence-corrected chi connectivity index (χ4v) is 4.58. The molecule has 0 aliphatic heterocycles. The summed E-state index contributed by atoms with van der Waals surface area (Å²) in [4.78, 5) is 4.64. The molecule has 8 heteroatoms. The minimum atomic E-state index is -3.78. The van der Waals surface area contributed by atoms with Gasteiger partial charge in [0.25, 0.3) is 9.05 Å². The van der Waals surface area contributed by atoms with Crippen LogP contribution in [0.3, 0.4) is 0 Å². The van der Waals surface area contributed by atoms with Crippen LogP contribution in [0.2, 0.25) is 0 Å². The maximum absolute atomic E-state index is 11.3. The number of rotatable bonds is 1. The van der Waals surface area contributed by atoms with Gasteiger partial charge in [-0.2, -0.15) is 0 Å². The molecular formula is C6H4BrClN2O2S2. The Hall–Kier alpha value is -0.110. The van der Waals surface area contributed by atoms with Crippen LogP contribution in [0.5, 0.6) is 0 Å². The van der Waals surface area contributed by atoms with Crippen molar-refractivity contribution in [2.75, 3.05) is 0 Å². The highest BCUT2D eigenvalue weighted by Gasteiger charge is 2.23. The highest BCUT2D eigenvalue weighted by molar-refractivity contribution is 9.10. The lowest BCUT2D eigenvalue weighted by Crippen LogP contribution is -1.98. The monoisotopic (exact) mass is 314 g/mol. The Morgan fingerprint density at radius 1 is 1.64 bits per heavy atom. The Balaban J connectivity index is 2.99. The van der Waals surface area contributed by atoms with Crippen LogP contribution >= 0.6 is 37.9 Å². The van der Waals surface area contributed by atoms with Crippen molar-refractivity contribution in [1.29, 1.82) is 0 Å². The zero-order chi connectivity index (χ0) is 10.5. The number of nitrogens with zero attached hydrogens (tertiary/aromatic N) is 2. The van der Waals surface area contributed by atoms with E-state index in [0.717, 1.165) is 5.69 Å². The molecular weight excluding hydrogens is 312 g/mol. The molecule has 0 amide bonds. The van der Waals surface area contributed by atoms with Crippen LogP contribution in [0.1, 0.15) is 5.69 Å². The van der Waals surface area contributed by atoms with E-state index in [-0.39, 0.29) is 9.63 Å². The molecule has 0 aliphatic rings. The van der Waals surface area contributed by atoms with Gasteiger partial charge in [0.1, 0.15) is 4.60 Å². The van der Waals surface area contributed by atoms with E-state index in [9.17, 15) is 8.42 Å². The molecule has 76 valence electrons. The van der Waals surface area contributed by atoms with Gasteiger partial charge in [0.15, 0.2) is 9.99 Å². The number of imidazole rings is 1. The quantitative estimate of drug-likeness (QED) is 0.759. The van der Waals surface area contributed by atoms with Gasteiger partial charge in [0, 0.05) is 21.8 Å². The minimum Gasteiger partial charge on any atom is -0.276 e. The molecule has 0 saturated heterocycles. The van der Waals surface area contributed by atoms with Crippen molar-refractivity contribution in [2.45, 2.75) is 11.9 Å². The third kappa shape index (κ3) is 1.48. The molecule has 4 nitrogen and oxygen atoms in total. The van der Waals surface area contributed by atoms with Crippen LogP contribution in [-0.2, 0) is 9.05 Å². The first-order valence-electron chi connectivity index (χ1n) is 3.48. The van der Waals surface area contributed by atoms with Gasteiger partial charge >= 0.3 is 0 Å². The summed E-state index contributed by atoms with van der Waals surface area (Å²) in [5.74, 6) is 0. The Morgan fingerprint density at radius 3 is 2.86 bits per heavy atom. The van der Waals surface area contributed by atoms with Crippen molar-refractivity contribution >= 4 is 52.0 Å². The third-order valence-electron chi connectivity index (χ3n) is 1.68. The first-order chi connectivity index (χ1) is 6.41. The van der Waals surface area contributed by atoms with Gasteiger partial charge in [-0.1, -0.05) is 0 Å². The number of fused-ring (bicyclic) bond motifs is 1. The average Bonchev–Trinajstić information content (AvgIpc) is 2.49. The Labute approximate surface area is 97.1 Å². The Morgan fingerprint density at radius 2 is 2.29 bits per heavy atom. The molecule has 2 heterocycles. The van der Waals surface area contributed by atoms with Crippen molar-refractivity contribution in [3.05, 3.63) is 15.7 Å². The number of halogens is 2. The van der Waals surface area contributed by atoms with Gasteiger partial charge < -0.3 is 0 Å². The van der Waals surface area contributed by atoms with Crippen LogP contribution in [0, 0.1) is 6.92 Å². The van der Waals surface area contributed by atoms with Crippen molar-refractivity contribution < 1.29 is 8.42 Å². The fraction of sp³-hybridized carbons (Fsp3) is 0.167. The minimum absolute atomic E-state index is 0.00656. The summed E-state index contributed by atoms with van der Waals surface area (Å²) < 4.78 is 24.3. The van der Waals surface area contributed by atoms with E-state index in [1.807, 2.05) is 5.38 Å². The molecule has 2 aromatic heterocycles. The van der Waals surface area contributed by atoms with Crippen molar-refractivity contribution in [2.24, 2.45) is 0 Å². The Kier molecular flexibility index (Phi) is 2.37. The molecule has 0 aromatic carbocycles. The molecule has 0 bridgehead atoms. The summed E-state index contributed by atoms with van der Waals surface area (Å²) in [7, 11) is 1.52. The summed E-state index contributed by atoms with van der Waals surface area (Å²) >= 11 is 4.43. The standard InChI is InChI=1S/C6H4BrClN2O2S2/c1-3-2-13-6-9-4(7)5(10(3)6)14(8,11)12/h2H,1H3. The molecule has 0 unspecified atom stereocenters. The molecule has 0 atom stereocenters. The molecule has 0 radical (unpaired) electrons. The van der Waals surface area contributed by atoms with Gasteiger partial charge in [0.2, 0.25) is 0 Å². The van der Waals surface area contributed by atoms with Crippen molar-refractivity contribution in [3.8, 4) is 0 Å². The maximum atomic E-state index is 11.3. The van der Waals surface area contributed by atoms with E-state index in [4.69, 9.17) is 10.7 Å². The lowest BCUT2D eigenvalue weighted by molar-refractivity contribution is 0.604. The second-order valence-corrected chi connectivity index (χ2v) is 6.71. The molecule has 0 N–H and O–H groups in total. The maximum Gasteiger partial charge on any atom is 0.280 e. The predicted octanol–water partition coefficient (Wildman–Crippen LogP) is 2.39. The fourth-order valence-electron chi connectivity index (χ4n) is 1.15. The highest BCUT2D eigenvalue weighted by Crippen LogP contribution is 2.29. The SMILES string of the molecule is Cc1csc2nc(Br)c(S(=O)(=O)Cl)n12. The van der Waals surface area contributed by atoms with Crippen LogP contribution in [0.15, 0.2) is 15.0 Å². The van der Waals surface area contributed by atoms with Gasteiger partial charge in [-0.25, -0.2) is 13.4 Å². The third-order valence-corrected chi connectivity index (χ3v) is 4.72. The van der Waals surface area contributed by atoms with Crippen molar-refractivity contribution in [3.63, 3.8) is 0 Å². The van der Waals surface area contributed by atoms with Crippen LogP contribution in [0.4, 0.5) is 0 Å². The molecule has 0 saturated carbocycles. The number of aryl methyl sites for hydroxylation is 1. The zero-order valence-electron chi connectivity index (χ0n) is 6.86. The molecule has 0 aliphatic carbocycles. The van der Waals surface area contributed by atoms with Gasteiger partial charge in [-0.3, -0.25) is 4.40 Å². The molecule has 0 fully saturated rings. The number of hydrogen-bond acceptors (Lipinski definition) is 4. The van der Waals surface area contributed by atoms with E-state index in [2.05, 4.69) is 20.9 Å². The average molecular weight is 316 g/mol. The van der Waals surface area contributed by atoms with E-state index in [1.54, 1.807) is 6.92 Å². The first-order valence-corrected chi connectivity index (χ1v) is 7.46. The first kappa shape index (κ1) is 10.4. The highest BCUT2D eigenvalue weighted by atomic mass is 79.9. The number of thiazole rings is 1. The largest absolute Gasteiger partial charge is 0.280 e. The van der Waals surface area contributed by atoms with E-state index >= 15 is 0 Å². The predicted molar refractivity (Wildman–Crippen MR) is 58.5 cm³/mol. The summed E-state index contributed by atoms with van der Waals surface area (Å²) in [6.45, 7) is 1.79. The summed E-state index contributed by atoms with van der Waals surface area (Å²) in [5, 5.41) is 1.81. The van der Waals surface area contributed by atoms with Crippen LogP contribution in [-0.4, -0.2) is 17.8 Å². The topological polar surface area (TPSA) is 51.4 Å². The van der Waals surface area contributed by atoms with E-state index in [1.165, 1.54) is 15.7 Å². The molecule has 14 heavy (non-hydrogen) atoms. The number of hydrogen-bond donors (Lipinski definition) is 0. The Bertz CT molecular complexity index is 601. The van der Waals surface area contributed by atoms with Crippen LogP contribution < -0.4 is 0 Å². The normalized spacial score (nSPS) is 12.5. The second kappa shape index (κ2) is 3.19. The molecule has 0 spiro atoms. The molecule has 2 aromatic rings. The summed E-state index contributed by atoms with van der Waals surface area (Å²) in [5.41, 5.74) is 0.794. The summed E-state index contributed by atoms with van der Waals surface area (Å²) in [6, 6.07) is 0. The smallest absolute Gasteiger partial charge is 0.276 e. The molecule has 2 rings (SSSR count). The number of aromatic nitrogens is 2. The van der Waals surface area contributed by atoms with Crippen molar-refractivity contribution in [1.82, 2.24) is 9.38 Å². The summed E-state index contributed by atoms with van der Waals surface area (Å²) in [6.07, 6.45) is 0. The van der Waals surface area contributed by atoms with Gasteiger partial charge in [-0.05, 0) is 22.9 Å². The lowest BCUT2D eigenvalue weighted by atomic mass is 10.6. The van der Waals surface area contributed by atoms with E-state index in [0.29, 0.717) is 4.96 Å². The van der Waals surface area contributed by atoms with Crippen LogP contribution in [0.25, 0.3) is 4.96 Å². The van der Waals surface area contributed by atoms with Gasteiger partial charge in [0.05, 0.1) is 0 Å². The van der Waals surface area contributed by atoms with E-state index < -0.39 is 9.05 Å². The second-order valence-electron chi connectivity index (χ2n) is 2.64. The zero-order valence-corrected chi connectivity index (χ0v) is 10.8. The van der Waals surface area contributed by atoms with Gasteiger partial charge in [-0.15, -0.1) is 11.3 Å². The lowest BCUT2D eigenvalue weighted by Gasteiger charge is -1.95.